The summed E-state index contributed by atoms with van der Waals surface area (Å²) in [5.41, 5.74) is 2.37. The zero-order valence-electron chi connectivity index (χ0n) is 15.5. The normalized spacial score (nSPS) is 14.7. The Morgan fingerprint density at radius 1 is 1.35 bits per heavy atom. The van der Waals surface area contributed by atoms with Gasteiger partial charge in [0.05, 0.1) is 17.6 Å². The van der Waals surface area contributed by atoms with Crippen LogP contribution in [0.15, 0.2) is 30.5 Å². The third-order valence-electron chi connectivity index (χ3n) is 4.94. The SMILES string of the molecule is CCCC(Nc1nccc(-c2ccc(OC)cc2C)c1[N+](=O)[O-])C1CC1. The van der Waals surface area contributed by atoms with Gasteiger partial charge in [-0.3, -0.25) is 10.1 Å². The molecule has 1 atom stereocenters. The molecule has 6 nitrogen and oxygen atoms in total. The number of ether oxygens (including phenoxy) is 1. The summed E-state index contributed by atoms with van der Waals surface area (Å²) in [4.78, 5) is 15.9. The van der Waals surface area contributed by atoms with Gasteiger partial charge in [-0.2, -0.15) is 0 Å². The number of rotatable bonds is 8. The number of benzene rings is 1. The molecule has 3 rings (SSSR count). The molecule has 1 heterocycles. The first-order chi connectivity index (χ1) is 12.5. The van der Waals surface area contributed by atoms with Crippen molar-refractivity contribution < 1.29 is 9.66 Å². The number of methoxy groups -OCH3 is 1. The average Bonchev–Trinajstić information content (AvgIpc) is 3.46. The van der Waals surface area contributed by atoms with Crippen molar-refractivity contribution in [3.05, 3.63) is 46.1 Å². The van der Waals surface area contributed by atoms with Gasteiger partial charge < -0.3 is 10.1 Å². The molecule has 0 bridgehead atoms. The van der Waals surface area contributed by atoms with Gasteiger partial charge in [0.1, 0.15) is 5.75 Å². The highest BCUT2D eigenvalue weighted by Crippen LogP contribution is 2.40. The van der Waals surface area contributed by atoms with Gasteiger partial charge in [0.25, 0.3) is 0 Å². The number of anilines is 1. The molecule has 2 aromatic rings. The summed E-state index contributed by atoms with van der Waals surface area (Å²) >= 11 is 0. The first-order valence-electron chi connectivity index (χ1n) is 9.10. The van der Waals surface area contributed by atoms with Crippen LogP contribution >= 0.6 is 0 Å². The van der Waals surface area contributed by atoms with Crippen molar-refractivity contribution in [3.63, 3.8) is 0 Å². The third-order valence-corrected chi connectivity index (χ3v) is 4.94. The van der Waals surface area contributed by atoms with Crippen LogP contribution in [0.2, 0.25) is 0 Å². The van der Waals surface area contributed by atoms with Crippen molar-refractivity contribution in [2.75, 3.05) is 12.4 Å². The molecular weight excluding hydrogens is 330 g/mol. The van der Waals surface area contributed by atoms with Gasteiger partial charge in [-0.15, -0.1) is 0 Å². The Bertz CT molecular complexity index is 803. The van der Waals surface area contributed by atoms with E-state index in [1.54, 1.807) is 19.4 Å². The van der Waals surface area contributed by atoms with Crippen LogP contribution in [0.4, 0.5) is 11.5 Å². The van der Waals surface area contributed by atoms with Gasteiger partial charge in [0, 0.05) is 12.2 Å². The summed E-state index contributed by atoms with van der Waals surface area (Å²) in [6.45, 7) is 4.06. The molecule has 0 saturated heterocycles. The van der Waals surface area contributed by atoms with E-state index in [4.69, 9.17) is 4.74 Å². The van der Waals surface area contributed by atoms with Crippen LogP contribution in [0.3, 0.4) is 0 Å². The smallest absolute Gasteiger partial charge is 0.319 e. The zero-order valence-corrected chi connectivity index (χ0v) is 15.5. The second kappa shape index (κ2) is 7.72. The van der Waals surface area contributed by atoms with Crippen LogP contribution in [-0.2, 0) is 0 Å². The van der Waals surface area contributed by atoms with E-state index < -0.39 is 0 Å². The standard InChI is InChI=1S/C20H25N3O3/c1-4-5-18(14-6-7-14)22-20-19(23(24)25)17(10-11-21-20)16-9-8-15(26-3)12-13(16)2/h8-12,14,18H,4-7H2,1-3H3,(H,21,22). The van der Waals surface area contributed by atoms with Gasteiger partial charge >= 0.3 is 5.69 Å². The summed E-state index contributed by atoms with van der Waals surface area (Å²) in [5.74, 6) is 1.70. The lowest BCUT2D eigenvalue weighted by atomic mass is 9.99. The molecule has 0 amide bonds. The van der Waals surface area contributed by atoms with Gasteiger partial charge in [0.2, 0.25) is 5.82 Å². The van der Waals surface area contributed by atoms with Gasteiger partial charge in [-0.1, -0.05) is 19.4 Å². The molecule has 1 aromatic carbocycles. The van der Waals surface area contributed by atoms with Crippen molar-refractivity contribution in [1.29, 1.82) is 0 Å². The van der Waals surface area contributed by atoms with E-state index in [1.165, 1.54) is 12.8 Å². The highest BCUT2D eigenvalue weighted by atomic mass is 16.6. The Morgan fingerprint density at radius 2 is 2.12 bits per heavy atom. The van der Waals surface area contributed by atoms with Crippen molar-refractivity contribution in [2.24, 2.45) is 5.92 Å². The maximum atomic E-state index is 11.9. The van der Waals surface area contributed by atoms with E-state index in [0.29, 0.717) is 17.3 Å². The minimum Gasteiger partial charge on any atom is -0.497 e. The number of hydrogen-bond acceptors (Lipinski definition) is 5. The number of nitro groups is 1. The van der Waals surface area contributed by atoms with E-state index in [2.05, 4.69) is 17.2 Å². The lowest BCUT2D eigenvalue weighted by Gasteiger charge is -2.19. The lowest BCUT2D eigenvalue weighted by Crippen LogP contribution is -2.23. The highest BCUT2D eigenvalue weighted by molar-refractivity contribution is 5.82. The van der Waals surface area contributed by atoms with Crippen LogP contribution in [-0.4, -0.2) is 23.1 Å². The molecule has 1 N–H and O–H groups in total. The number of hydrogen-bond donors (Lipinski definition) is 1. The molecule has 26 heavy (non-hydrogen) atoms. The summed E-state index contributed by atoms with van der Waals surface area (Å²) in [6.07, 6.45) is 6.05. The van der Waals surface area contributed by atoms with Crippen molar-refractivity contribution in [3.8, 4) is 16.9 Å². The van der Waals surface area contributed by atoms with Crippen LogP contribution in [0, 0.1) is 23.0 Å². The molecule has 1 saturated carbocycles. The molecule has 0 spiro atoms. The molecule has 1 aromatic heterocycles. The summed E-state index contributed by atoms with van der Waals surface area (Å²) in [6, 6.07) is 7.54. The third kappa shape index (κ3) is 3.79. The fourth-order valence-electron chi connectivity index (χ4n) is 3.44. The van der Waals surface area contributed by atoms with Crippen molar-refractivity contribution in [1.82, 2.24) is 4.98 Å². The predicted molar refractivity (Wildman–Crippen MR) is 103 cm³/mol. The zero-order chi connectivity index (χ0) is 18.7. The van der Waals surface area contributed by atoms with E-state index in [9.17, 15) is 10.1 Å². The Balaban J connectivity index is 2.02. The molecule has 0 radical (unpaired) electrons. The quantitative estimate of drug-likeness (QED) is 0.534. The topological polar surface area (TPSA) is 77.3 Å². The second-order valence-corrected chi connectivity index (χ2v) is 6.87. The minimum atomic E-state index is -0.329. The molecule has 138 valence electrons. The van der Waals surface area contributed by atoms with Gasteiger partial charge in [-0.25, -0.2) is 4.98 Å². The number of aromatic nitrogens is 1. The monoisotopic (exact) mass is 355 g/mol. The van der Waals surface area contributed by atoms with Gasteiger partial charge in [-0.05, 0) is 61.4 Å². The summed E-state index contributed by atoms with van der Waals surface area (Å²) < 4.78 is 5.24. The lowest BCUT2D eigenvalue weighted by molar-refractivity contribution is -0.383. The maximum Gasteiger partial charge on any atom is 0.319 e. The molecule has 1 unspecified atom stereocenters. The highest BCUT2D eigenvalue weighted by Gasteiger charge is 2.33. The summed E-state index contributed by atoms with van der Waals surface area (Å²) in [5, 5.41) is 15.2. The van der Waals surface area contributed by atoms with E-state index in [1.807, 2.05) is 25.1 Å². The molecule has 6 heteroatoms. The minimum absolute atomic E-state index is 0.0440. The molecule has 1 fully saturated rings. The fraction of sp³-hybridized carbons (Fsp3) is 0.450. The van der Waals surface area contributed by atoms with Crippen LogP contribution in [0.5, 0.6) is 5.75 Å². The number of nitrogens with one attached hydrogen (secondary N) is 1. The van der Waals surface area contributed by atoms with Crippen molar-refractivity contribution in [2.45, 2.75) is 45.6 Å². The largest absolute Gasteiger partial charge is 0.497 e. The van der Waals surface area contributed by atoms with E-state index in [-0.39, 0.29) is 16.7 Å². The van der Waals surface area contributed by atoms with Gasteiger partial charge in [0.15, 0.2) is 0 Å². The maximum absolute atomic E-state index is 11.9. The number of aryl methyl sites for hydroxylation is 1. The second-order valence-electron chi connectivity index (χ2n) is 6.87. The fourth-order valence-corrected chi connectivity index (χ4v) is 3.44. The Labute approximate surface area is 153 Å². The molecule has 1 aliphatic rings. The number of pyridine rings is 1. The Kier molecular flexibility index (Phi) is 5.40. The molecular formula is C20H25N3O3. The predicted octanol–water partition coefficient (Wildman–Crippen LogP) is 4.96. The first kappa shape index (κ1) is 18.2. The van der Waals surface area contributed by atoms with Crippen molar-refractivity contribution >= 4 is 11.5 Å². The molecule has 0 aliphatic heterocycles. The van der Waals surface area contributed by atoms with E-state index in [0.717, 1.165) is 29.7 Å². The van der Waals surface area contributed by atoms with E-state index >= 15 is 0 Å². The van der Waals surface area contributed by atoms with Crippen LogP contribution < -0.4 is 10.1 Å². The Hall–Kier alpha value is -2.63. The summed E-state index contributed by atoms with van der Waals surface area (Å²) in [7, 11) is 1.61. The molecule has 1 aliphatic carbocycles. The van der Waals surface area contributed by atoms with Crippen LogP contribution in [0.25, 0.3) is 11.1 Å². The first-order valence-corrected chi connectivity index (χ1v) is 9.10. The number of nitrogens with zero attached hydrogens (tertiary/aromatic N) is 2. The average molecular weight is 355 g/mol. The Morgan fingerprint density at radius 3 is 2.69 bits per heavy atom. The van der Waals surface area contributed by atoms with Crippen LogP contribution in [0.1, 0.15) is 38.2 Å².